The molecule has 3 aromatic rings. The van der Waals surface area contributed by atoms with Crippen LogP contribution in [0.15, 0.2) is 60.8 Å². The number of nitrogens with two attached hydrogens (primary N) is 1. The van der Waals surface area contributed by atoms with Crippen LogP contribution in [0, 0.1) is 5.92 Å². The quantitative estimate of drug-likeness (QED) is 0.728. The van der Waals surface area contributed by atoms with Crippen molar-refractivity contribution in [3.8, 4) is 0 Å². The molecule has 26 heavy (non-hydrogen) atoms. The summed E-state index contributed by atoms with van der Waals surface area (Å²) in [7, 11) is 0. The van der Waals surface area contributed by atoms with E-state index in [0.29, 0.717) is 5.82 Å². The minimum atomic E-state index is 0.0347. The van der Waals surface area contributed by atoms with Gasteiger partial charge in [-0.05, 0) is 36.2 Å². The van der Waals surface area contributed by atoms with Gasteiger partial charge in [0.15, 0.2) is 5.78 Å². The van der Waals surface area contributed by atoms with Gasteiger partial charge in [0, 0.05) is 36.3 Å². The van der Waals surface area contributed by atoms with E-state index in [1.165, 1.54) is 0 Å². The molecule has 0 spiro atoms. The van der Waals surface area contributed by atoms with E-state index >= 15 is 0 Å². The van der Waals surface area contributed by atoms with Crippen LogP contribution in [0.5, 0.6) is 0 Å². The van der Waals surface area contributed by atoms with Crippen LogP contribution in [0.25, 0.3) is 10.8 Å². The summed E-state index contributed by atoms with van der Waals surface area (Å²) in [5.41, 5.74) is 7.86. The number of Topliss-reactive ketones (excluding diaryl/α,β-unsaturated/α-hetero) is 1. The number of fused-ring (bicyclic) bond motifs is 1. The minimum Gasteiger partial charge on any atom is -0.383 e. The molecule has 0 radical (unpaired) electrons. The number of hydrogen-bond acceptors (Lipinski definition) is 4. The molecule has 2 aromatic carbocycles. The van der Waals surface area contributed by atoms with Crippen molar-refractivity contribution in [2.24, 2.45) is 5.92 Å². The first kappa shape index (κ1) is 16.7. The molecule has 0 saturated carbocycles. The molecule has 132 valence electrons. The van der Waals surface area contributed by atoms with Crippen LogP contribution >= 0.6 is 0 Å². The van der Waals surface area contributed by atoms with Gasteiger partial charge in [-0.15, -0.1) is 0 Å². The maximum Gasteiger partial charge on any atom is 0.167 e. The van der Waals surface area contributed by atoms with Crippen LogP contribution in [0.3, 0.4) is 0 Å². The Morgan fingerprint density at radius 3 is 2.85 bits per heavy atom. The summed E-state index contributed by atoms with van der Waals surface area (Å²) in [6, 6.07) is 18.0. The molecular formula is C22H23N3O. The number of likely N-dealkylation sites (tertiary alicyclic amines) is 1. The van der Waals surface area contributed by atoms with Crippen molar-refractivity contribution in [3.63, 3.8) is 0 Å². The molecule has 1 aromatic heterocycles. The van der Waals surface area contributed by atoms with Gasteiger partial charge in [-0.2, -0.15) is 0 Å². The second kappa shape index (κ2) is 7.26. The summed E-state index contributed by atoms with van der Waals surface area (Å²) in [6.07, 6.45) is 3.68. The maximum absolute atomic E-state index is 13.2. The van der Waals surface area contributed by atoms with Gasteiger partial charge in [-0.1, -0.05) is 48.5 Å². The molecule has 4 rings (SSSR count). The lowest BCUT2D eigenvalue weighted by molar-refractivity contribution is 0.0813. The van der Waals surface area contributed by atoms with E-state index in [-0.39, 0.29) is 11.7 Å². The molecule has 4 nitrogen and oxygen atoms in total. The van der Waals surface area contributed by atoms with Crippen LogP contribution in [0.2, 0.25) is 0 Å². The number of ketones is 1. The zero-order valence-corrected chi connectivity index (χ0v) is 14.8. The highest BCUT2D eigenvalue weighted by Crippen LogP contribution is 2.27. The summed E-state index contributed by atoms with van der Waals surface area (Å²) < 4.78 is 0. The molecule has 1 atom stereocenters. The number of carbonyl (C=O) groups is 1. The lowest BCUT2D eigenvalue weighted by Gasteiger charge is -2.32. The highest BCUT2D eigenvalue weighted by Gasteiger charge is 2.27. The Morgan fingerprint density at radius 1 is 1.12 bits per heavy atom. The van der Waals surface area contributed by atoms with Crippen molar-refractivity contribution in [2.45, 2.75) is 19.4 Å². The van der Waals surface area contributed by atoms with Gasteiger partial charge in [0.2, 0.25) is 0 Å². The normalized spacial score (nSPS) is 18.1. The molecule has 0 amide bonds. The topological polar surface area (TPSA) is 59.2 Å². The van der Waals surface area contributed by atoms with Crippen molar-refractivity contribution in [1.82, 2.24) is 9.88 Å². The number of pyridine rings is 1. The molecule has 1 saturated heterocycles. The molecule has 1 aliphatic rings. The van der Waals surface area contributed by atoms with Crippen LogP contribution in [-0.4, -0.2) is 28.8 Å². The fraction of sp³-hybridized carbons (Fsp3) is 0.273. The van der Waals surface area contributed by atoms with Crippen molar-refractivity contribution in [1.29, 1.82) is 0 Å². The average molecular weight is 345 g/mol. The zero-order chi connectivity index (χ0) is 17.9. The molecule has 2 N–H and O–H groups in total. The SMILES string of the molecule is Nc1ncccc1CN1CCCC(C(=O)c2cccc3ccccc23)C1. The number of piperidine rings is 1. The van der Waals surface area contributed by atoms with Gasteiger partial charge in [0.1, 0.15) is 5.82 Å². The number of nitrogens with zero attached hydrogens (tertiary/aromatic N) is 2. The number of nitrogen functional groups attached to an aromatic ring is 1. The van der Waals surface area contributed by atoms with Gasteiger partial charge in [-0.3, -0.25) is 9.69 Å². The highest BCUT2D eigenvalue weighted by atomic mass is 16.1. The first-order valence-electron chi connectivity index (χ1n) is 9.16. The van der Waals surface area contributed by atoms with E-state index in [4.69, 9.17) is 5.73 Å². The average Bonchev–Trinajstić information content (AvgIpc) is 2.69. The fourth-order valence-corrected chi connectivity index (χ4v) is 3.90. The molecule has 2 heterocycles. The monoisotopic (exact) mass is 345 g/mol. The lowest BCUT2D eigenvalue weighted by atomic mass is 9.88. The molecule has 0 aliphatic carbocycles. The lowest BCUT2D eigenvalue weighted by Crippen LogP contribution is -2.38. The Bertz CT molecular complexity index is 932. The third-order valence-electron chi connectivity index (χ3n) is 5.25. The molecular weight excluding hydrogens is 322 g/mol. The van der Waals surface area contributed by atoms with Gasteiger partial charge in [-0.25, -0.2) is 4.98 Å². The number of anilines is 1. The molecule has 1 unspecified atom stereocenters. The van der Waals surface area contributed by atoms with Crippen molar-refractivity contribution in [3.05, 3.63) is 71.9 Å². The number of rotatable bonds is 4. The van der Waals surface area contributed by atoms with Crippen LogP contribution < -0.4 is 5.73 Å². The smallest absolute Gasteiger partial charge is 0.167 e. The van der Waals surface area contributed by atoms with E-state index in [1.807, 2.05) is 42.5 Å². The van der Waals surface area contributed by atoms with Crippen molar-refractivity contribution < 1.29 is 4.79 Å². The highest BCUT2D eigenvalue weighted by molar-refractivity contribution is 6.09. The number of aromatic nitrogens is 1. The van der Waals surface area contributed by atoms with E-state index in [9.17, 15) is 4.79 Å². The second-order valence-corrected chi connectivity index (χ2v) is 7.01. The molecule has 4 heteroatoms. The number of benzene rings is 2. The predicted molar refractivity (Wildman–Crippen MR) is 105 cm³/mol. The van der Waals surface area contributed by atoms with Crippen molar-refractivity contribution >= 4 is 22.4 Å². The first-order valence-corrected chi connectivity index (χ1v) is 9.16. The summed E-state index contributed by atoms with van der Waals surface area (Å²) in [4.78, 5) is 19.7. The molecule has 0 bridgehead atoms. The maximum atomic E-state index is 13.2. The Labute approximate surface area is 153 Å². The summed E-state index contributed by atoms with van der Waals surface area (Å²) in [5, 5.41) is 2.17. The van der Waals surface area contributed by atoms with Gasteiger partial charge < -0.3 is 5.73 Å². The predicted octanol–water partition coefficient (Wildman–Crippen LogP) is 3.91. The van der Waals surface area contributed by atoms with Crippen LogP contribution in [-0.2, 0) is 6.54 Å². The van der Waals surface area contributed by atoms with Crippen LogP contribution in [0.4, 0.5) is 5.82 Å². The van der Waals surface area contributed by atoms with Crippen LogP contribution in [0.1, 0.15) is 28.8 Å². The van der Waals surface area contributed by atoms with E-state index in [0.717, 1.165) is 54.4 Å². The van der Waals surface area contributed by atoms with E-state index in [1.54, 1.807) is 6.20 Å². The Hall–Kier alpha value is -2.72. The minimum absolute atomic E-state index is 0.0347. The largest absolute Gasteiger partial charge is 0.383 e. The van der Waals surface area contributed by atoms with Crippen molar-refractivity contribution in [2.75, 3.05) is 18.8 Å². The number of hydrogen-bond donors (Lipinski definition) is 1. The summed E-state index contributed by atoms with van der Waals surface area (Å²) >= 11 is 0. The Balaban J connectivity index is 1.54. The molecule has 1 fully saturated rings. The van der Waals surface area contributed by atoms with Gasteiger partial charge in [0.25, 0.3) is 0 Å². The third-order valence-corrected chi connectivity index (χ3v) is 5.25. The summed E-state index contributed by atoms with van der Waals surface area (Å²) in [5.74, 6) is 0.869. The van der Waals surface area contributed by atoms with Gasteiger partial charge in [0.05, 0.1) is 0 Å². The van der Waals surface area contributed by atoms with E-state index < -0.39 is 0 Å². The Kier molecular flexibility index (Phi) is 4.67. The fourth-order valence-electron chi connectivity index (χ4n) is 3.90. The zero-order valence-electron chi connectivity index (χ0n) is 14.8. The molecule has 1 aliphatic heterocycles. The standard InChI is InChI=1S/C22H23N3O/c23-22-18(8-4-12-24-22)15-25-13-5-9-17(14-25)21(26)20-11-3-7-16-6-1-2-10-19(16)20/h1-4,6-8,10-12,17H,5,9,13-15H2,(H2,23,24). The third kappa shape index (κ3) is 3.33. The Morgan fingerprint density at radius 2 is 1.96 bits per heavy atom. The second-order valence-electron chi connectivity index (χ2n) is 7.01. The number of carbonyl (C=O) groups excluding carboxylic acids is 1. The first-order chi connectivity index (χ1) is 12.7. The van der Waals surface area contributed by atoms with Gasteiger partial charge >= 0.3 is 0 Å². The summed E-state index contributed by atoms with van der Waals surface area (Å²) in [6.45, 7) is 2.52. The van der Waals surface area contributed by atoms with E-state index in [2.05, 4.69) is 22.0 Å².